The highest BCUT2D eigenvalue weighted by atomic mass is 19.1. The molecule has 1 aliphatic rings. The van der Waals surface area contributed by atoms with Crippen molar-refractivity contribution >= 4 is 29.2 Å². The van der Waals surface area contributed by atoms with E-state index in [1.165, 1.54) is 18.5 Å². The van der Waals surface area contributed by atoms with Crippen LogP contribution in [0.25, 0.3) is 0 Å². The van der Waals surface area contributed by atoms with E-state index in [2.05, 4.69) is 20.5 Å². The number of carbonyl (C=O) groups excluding carboxylic acids is 3. The Morgan fingerprint density at radius 2 is 1.57 bits per heavy atom. The van der Waals surface area contributed by atoms with E-state index < -0.39 is 29.4 Å². The molecule has 1 unspecified atom stereocenters. The summed E-state index contributed by atoms with van der Waals surface area (Å²) >= 11 is 0. The zero-order valence-corrected chi connectivity index (χ0v) is 26.5. The molecule has 1 saturated heterocycles. The Labute approximate surface area is 273 Å². The van der Waals surface area contributed by atoms with Crippen molar-refractivity contribution in [3.8, 4) is 0 Å². The summed E-state index contributed by atoms with van der Waals surface area (Å²) in [6, 6.07) is 23.4. The molecule has 1 aromatic heterocycles. The quantitative estimate of drug-likeness (QED) is 0.216. The molecule has 1 aliphatic heterocycles. The van der Waals surface area contributed by atoms with Crippen LogP contribution in [0, 0.1) is 5.82 Å². The van der Waals surface area contributed by atoms with Gasteiger partial charge < -0.3 is 35.5 Å². The first-order valence-electron chi connectivity index (χ1n) is 15.5. The molecule has 47 heavy (non-hydrogen) atoms. The van der Waals surface area contributed by atoms with Gasteiger partial charge in [0.2, 0.25) is 11.8 Å². The summed E-state index contributed by atoms with van der Waals surface area (Å²) in [5, 5.41) is 5.44. The third-order valence-corrected chi connectivity index (χ3v) is 7.89. The fourth-order valence-electron chi connectivity index (χ4n) is 5.24. The van der Waals surface area contributed by atoms with E-state index in [0.717, 1.165) is 16.8 Å². The van der Waals surface area contributed by atoms with Crippen molar-refractivity contribution in [2.24, 2.45) is 5.73 Å². The van der Waals surface area contributed by atoms with Crippen molar-refractivity contribution in [3.05, 3.63) is 114 Å². The predicted octanol–water partition coefficient (Wildman–Crippen LogP) is 3.34. The minimum Gasteiger partial charge on any atom is -0.374 e. The van der Waals surface area contributed by atoms with Gasteiger partial charge >= 0.3 is 0 Å². The minimum absolute atomic E-state index is 0.0989. The van der Waals surface area contributed by atoms with Gasteiger partial charge in [0.1, 0.15) is 17.9 Å². The van der Waals surface area contributed by atoms with E-state index >= 15 is 0 Å². The fourth-order valence-corrected chi connectivity index (χ4v) is 5.24. The number of imidazole rings is 1. The monoisotopic (exact) mass is 641 g/mol. The number of rotatable bonds is 12. The number of nitrogens with zero attached hydrogens (tertiary/aromatic N) is 4. The Balaban J connectivity index is 1.28. The highest BCUT2D eigenvalue weighted by Crippen LogP contribution is 2.25. The van der Waals surface area contributed by atoms with Gasteiger partial charge in [0.05, 0.1) is 25.1 Å². The maximum absolute atomic E-state index is 14.0. The molecule has 2 heterocycles. The molecular formula is C35H40FN7O4. The first-order chi connectivity index (χ1) is 22.6. The Kier molecular flexibility index (Phi) is 10.6. The van der Waals surface area contributed by atoms with Gasteiger partial charge in [0, 0.05) is 38.1 Å². The van der Waals surface area contributed by atoms with Gasteiger partial charge in [-0.2, -0.15) is 0 Å². The van der Waals surface area contributed by atoms with Gasteiger partial charge in [-0.05, 0) is 49.2 Å². The van der Waals surface area contributed by atoms with E-state index in [4.69, 9.17) is 10.5 Å². The summed E-state index contributed by atoms with van der Waals surface area (Å²) in [6.45, 7) is 5.42. The first-order valence-corrected chi connectivity index (χ1v) is 15.5. The highest BCUT2D eigenvalue weighted by Gasteiger charge is 2.32. The molecule has 0 saturated carbocycles. The number of amides is 3. The summed E-state index contributed by atoms with van der Waals surface area (Å²) in [5.41, 5.74) is 7.35. The van der Waals surface area contributed by atoms with Crippen LogP contribution in [-0.2, 0) is 25.7 Å². The molecular weight excluding hydrogens is 601 g/mol. The average Bonchev–Trinajstić information content (AvgIpc) is 3.52. The van der Waals surface area contributed by atoms with E-state index in [0.29, 0.717) is 26.2 Å². The molecule has 0 aliphatic carbocycles. The third-order valence-electron chi connectivity index (χ3n) is 7.89. The summed E-state index contributed by atoms with van der Waals surface area (Å²) in [5.74, 6) is -1.25. The molecule has 11 nitrogen and oxygen atoms in total. The number of anilines is 2. The standard InChI is InChI=1S/C35H40FN7O4/c1-35(2,37)34(46)39-29(23-47-22-25-9-5-3-6-10-25)32(44)40-30-21-43(24-38-30)31(26-11-7-4-8-12-26)33(45)42-19-17-41(18-20-42)28-15-13-27(36)14-16-28/h3-16,21,24,29,31H,17-20,22-23,37H2,1-2H3,(H,39,46)(H,40,44)/t29-,31?/m1/s1. The molecule has 3 amide bonds. The number of benzene rings is 3. The van der Waals surface area contributed by atoms with Crippen molar-refractivity contribution in [2.45, 2.75) is 38.1 Å². The van der Waals surface area contributed by atoms with Crippen LogP contribution in [0.3, 0.4) is 0 Å². The molecule has 246 valence electrons. The lowest BCUT2D eigenvalue weighted by molar-refractivity contribution is -0.133. The van der Waals surface area contributed by atoms with Crippen molar-refractivity contribution in [2.75, 3.05) is 43.0 Å². The van der Waals surface area contributed by atoms with Crippen LogP contribution < -0.4 is 21.3 Å². The number of piperazine rings is 1. The molecule has 0 spiro atoms. The van der Waals surface area contributed by atoms with Crippen molar-refractivity contribution in [1.82, 2.24) is 19.8 Å². The van der Waals surface area contributed by atoms with E-state index in [1.807, 2.05) is 60.7 Å². The molecule has 12 heteroatoms. The summed E-state index contributed by atoms with van der Waals surface area (Å²) in [6.07, 6.45) is 3.10. The lowest BCUT2D eigenvalue weighted by atomic mass is 10.0. The molecule has 2 atom stereocenters. The van der Waals surface area contributed by atoms with E-state index in [9.17, 15) is 18.8 Å². The van der Waals surface area contributed by atoms with Crippen LogP contribution in [0.5, 0.6) is 0 Å². The fraction of sp³-hybridized carbons (Fsp3) is 0.314. The smallest absolute Gasteiger partial charge is 0.250 e. The summed E-state index contributed by atoms with van der Waals surface area (Å²) in [4.78, 5) is 48.4. The van der Waals surface area contributed by atoms with Crippen molar-refractivity contribution < 1.29 is 23.5 Å². The van der Waals surface area contributed by atoms with Crippen LogP contribution in [0.4, 0.5) is 15.9 Å². The molecule has 1 fully saturated rings. The summed E-state index contributed by atoms with van der Waals surface area (Å²) < 4.78 is 20.9. The topological polar surface area (TPSA) is 135 Å². The average molecular weight is 642 g/mol. The summed E-state index contributed by atoms with van der Waals surface area (Å²) in [7, 11) is 0. The van der Waals surface area contributed by atoms with Crippen LogP contribution in [0.15, 0.2) is 97.5 Å². The van der Waals surface area contributed by atoms with Crippen LogP contribution in [-0.4, -0.2) is 76.5 Å². The van der Waals surface area contributed by atoms with Gasteiger partial charge in [-0.15, -0.1) is 0 Å². The second-order valence-corrected chi connectivity index (χ2v) is 12.0. The second-order valence-electron chi connectivity index (χ2n) is 12.0. The molecule has 4 aromatic rings. The lowest BCUT2D eigenvalue weighted by Crippen LogP contribution is -2.56. The Bertz CT molecular complexity index is 1630. The SMILES string of the molecule is CC(C)(N)C(=O)N[C@H](COCc1ccccc1)C(=O)Nc1cn(C(C(=O)N2CCN(c3ccc(F)cc3)CC2)c2ccccc2)cn1. The number of ether oxygens (including phenoxy) is 1. The van der Waals surface area contributed by atoms with Gasteiger partial charge in [-0.1, -0.05) is 60.7 Å². The van der Waals surface area contributed by atoms with Crippen LogP contribution in [0.2, 0.25) is 0 Å². The normalized spacial score (nSPS) is 14.7. The van der Waals surface area contributed by atoms with Crippen LogP contribution in [0.1, 0.15) is 31.0 Å². The second kappa shape index (κ2) is 15.0. The third kappa shape index (κ3) is 8.81. The molecule has 0 bridgehead atoms. The molecule has 3 aromatic carbocycles. The first kappa shape index (κ1) is 33.3. The Morgan fingerprint density at radius 1 is 0.936 bits per heavy atom. The number of nitrogens with one attached hydrogen (secondary N) is 2. The van der Waals surface area contributed by atoms with Gasteiger partial charge in [0.15, 0.2) is 5.82 Å². The number of carbonyl (C=O) groups is 3. The number of halogens is 1. The van der Waals surface area contributed by atoms with E-state index in [1.54, 1.807) is 41.6 Å². The van der Waals surface area contributed by atoms with Gasteiger partial charge in [-0.25, -0.2) is 9.37 Å². The maximum Gasteiger partial charge on any atom is 0.250 e. The van der Waals surface area contributed by atoms with Crippen molar-refractivity contribution in [3.63, 3.8) is 0 Å². The van der Waals surface area contributed by atoms with Gasteiger partial charge in [-0.3, -0.25) is 14.4 Å². The predicted molar refractivity (Wildman–Crippen MR) is 177 cm³/mol. The molecule has 4 N–H and O–H groups in total. The zero-order chi connectivity index (χ0) is 33.4. The Morgan fingerprint density at radius 3 is 2.21 bits per heavy atom. The number of hydrogen-bond acceptors (Lipinski definition) is 7. The maximum atomic E-state index is 14.0. The minimum atomic E-state index is -1.21. The zero-order valence-electron chi connectivity index (χ0n) is 26.5. The Hall–Kier alpha value is -5.07. The van der Waals surface area contributed by atoms with Crippen LogP contribution >= 0.6 is 0 Å². The molecule has 0 radical (unpaired) electrons. The number of aromatic nitrogens is 2. The molecule has 5 rings (SSSR count). The lowest BCUT2D eigenvalue weighted by Gasteiger charge is -2.37. The van der Waals surface area contributed by atoms with Crippen molar-refractivity contribution in [1.29, 1.82) is 0 Å². The highest BCUT2D eigenvalue weighted by molar-refractivity contribution is 5.98. The van der Waals surface area contributed by atoms with E-state index in [-0.39, 0.29) is 30.8 Å². The number of nitrogens with two attached hydrogens (primary N) is 1. The number of hydrogen-bond donors (Lipinski definition) is 3. The van der Waals surface area contributed by atoms with Gasteiger partial charge in [0.25, 0.3) is 5.91 Å². The largest absolute Gasteiger partial charge is 0.374 e.